The number of hydrogen-bond acceptors (Lipinski definition) is 8. The van der Waals surface area contributed by atoms with Crippen molar-refractivity contribution < 1.29 is 23.8 Å². The van der Waals surface area contributed by atoms with Crippen LogP contribution in [-0.4, -0.2) is 40.9 Å². The predicted octanol–water partition coefficient (Wildman–Crippen LogP) is 3.11. The summed E-state index contributed by atoms with van der Waals surface area (Å²) in [6.45, 7) is 3.54. The number of carbonyl (C=O) groups is 2. The van der Waals surface area contributed by atoms with Gasteiger partial charge >= 0.3 is 11.9 Å². The van der Waals surface area contributed by atoms with Gasteiger partial charge in [0.15, 0.2) is 6.10 Å². The lowest BCUT2D eigenvalue weighted by molar-refractivity contribution is -0.141. The molecule has 0 heterocycles. The molecule has 0 aliphatic heterocycles. The van der Waals surface area contributed by atoms with Crippen LogP contribution in [0, 0.1) is 11.3 Å². The molecule has 8 heteroatoms. The third-order valence-corrected chi connectivity index (χ3v) is 4.26. The standard InChI is InChI=1S/C17H19NO5S2/c1-3-21-17(24)25-15(11-22-12(2)19)9-14(10-18)23-16(20)13-7-5-4-6-8-13/h4-8,14-15H,3,9,11H2,1-2H3. The van der Waals surface area contributed by atoms with Gasteiger partial charge in [0.05, 0.1) is 17.4 Å². The van der Waals surface area contributed by atoms with Crippen molar-refractivity contribution in [1.29, 1.82) is 5.26 Å². The minimum Gasteiger partial charge on any atom is -0.479 e. The maximum Gasteiger partial charge on any atom is 0.339 e. The zero-order valence-corrected chi connectivity index (χ0v) is 15.6. The van der Waals surface area contributed by atoms with Crippen LogP contribution in [0.5, 0.6) is 0 Å². The predicted molar refractivity (Wildman–Crippen MR) is 98.1 cm³/mol. The molecule has 0 aliphatic rings. The largest absolute Gasteiger partial charge is 0.479 e. The van der Waals surface area contributed by atoms with Crippen molar-refractivity contribution in [3.63, 3.8) is 0 Å². The monoisotopic (exact) mass is 381 g/mol. The lowest BCUT2D eigenvalue weighted by Gasteiger charge is -2.19. The first-order valence-electron chi connectivity index (χ1n) is 7.58. The number of hydrogen-bond donors (Lipinski definition) is 0. The van der Waals surface area contributed by atoms with E-state index in [1.807, 2.05) is 6.07 Å². The molecular formula is C17H19NO5S2. The second kappa shape index (κ2) is 11.4. The third-order valence-electron chi connectivity index (χ3n) is 2.88. The highest BCUT2D eigenvalue weighted by Gasteiger charge is 2.23. The van der Waals surface area contributed by atoms with Crippen LogP contribution in [0.15, 0.2) is 30.3 Å². The van der Waals surface area contributed by atoms with Gasteiger partial charge in [0.2, 0.25) is 4.38 Å². The fraction of sp³-hybridized carbons (Fsp3) is 0.412. The van der Waals surface area contributed by atoms with Gasteiger partial charge in [-0.05, 0) is 31.3 Å². The summed E-state index contributed by atoms with van der Waals surface area (Å²) in [5.41, 5.74) is 0.358. The van der Waals surface area contributed by atoms with Gasteiger partial charge < -0.3 is 14.2 Å². The molecule has 0 saturated carbocycles. The summed E-state index contributed by atoms with van der Waals surface area (Å²) in [7, 11) is 0. The van der Waals surface area contributed by atoms with Crippen molar-refractivity contribution in [1.82, 2.24) is 0 Å². The molecule has 1 rings (SSSR count). The van der Waals surface area contributed by atoms with Gasteiger partial charge in [-0.2, -0.15) is 5.26 Å². The van der Waals surface area contributed by atoms with Crippen LogP contribution in [-0.2, 0) is 19.0 Å². The number of nitriles is 1. The van der Waals surface area contributed by atoms with E-state index in [1.54, 1.807) is 37.3 Å². The van der Waals surface area contributed by atoms with Crippen molar-refractivity contribution in [2.75, 3.05) is 13.2 Å². The number of ether oxygens (including phenoxy) is 3. The normalized spacial score (nSPS) is 12.4. The van der Waals surface area contributed by atoms with Crippen LogP contribution in [0.2, 0.25) is 0 Å². The molecule has 0 radical (unpaired) electrons. The summed E-state index contributed by atoms with van der Waals surface area (Å²) in [4.78, 5) is 23.1. The number of rotatable bonds is 8. The van der Waals surface area contributed by atoms with Gasteiger partial charge in [-0.25, -0.2) is 4.79 Å². The van der Waals surface area contributed by atoms with Crippen molar-refractivity contribution in [2.24, 2.45) is 0 Å². The molecule has 1 aromatic rings. The molecule has 0 amide bonds. The Kier molecular flexibility index (Phi) is 9.58. The Hall–Kier alpha value is -2.11. The van der Waals surface area contributed by atoms with Crippen LogP contribution in [0.4, 0.5) is 0 Å². The van der Waals surface area contributed by atoms with Crippen molar-refractivity contribution >= 4 is 40.3 Å². The number of benzene rings is 1. The fourth-order valence-electron chi connectivity index (χ4n) is 1.79. The fourth-order valence-corrected chi connectivity index (χ4v) is 3.18. The smallest absolute Gasteiger partial charge is 0.339 e. The van der Waals surface area contributed by atoms with Gasteiger partial charge in [-0.3, -0.25) is 4.79 Å². The Morgan fingerprint density at radius 3 is 2.52 bits per heavy atom. The maximum absolute atomic E-state index is 12.1. The van der Waals surface area contributed by atoms with E-state index in [4.69, 9.17) is 26.4 Å². The third kappa shape index (κ3) is 8.52. The number of esters is 2. The van der Waals surface area contributed by atoms with Crippen LogP contribution < -0.4 is 0 Å². The van der Waals surface area contributed by atoms with Crippen molar-refractivity contribution in [2.45, 2.75) is 31.6 Å². The zero-order chi connectivity index (χ0) is 18.7. The molecule has 6 nitrogen and oxygen atoms in total. The quantitative estimate of drug-likeness (QED) is 0.501. The minimum atomic E-state index is -0.995. The Morgan fingerprint density at radius 2 is 1.96 bits per heavy atom. The number of thiocarbonyl (C=S) groups is 1. The summed E-state index contributed by atoms with van der Waals surface area (Å²) in [5.74, 6) is -1.03. The highest BCUT2D eigenvalue weighted by Crippen LogP contribution is 2.21. The van der Waals surface area contributed by atoms with E-state index in [9.17, 15) is 14.9 Å². The Morgan fingerprint density at radius 1 is 1.28 bits per heavy atom. The molecule has 0 spiro atoms. The average molecular weight is 381 g/mol. The van der Waals surface area contributed by atoms with Gasteiger partial charge in [-0.1, -0.05) is 30.0 Å². The van der Waals surface area contributed by atoms with Crippen LogP contribution in [0.25, 0.3) is 0 Å². The van der Waals surface area contributed by atoms with E-state index in [1.165, 1.54) is 18.7 Å². The Balaban J connectivity index is 2.70. The second-order valence-corrected chi connectivity index (χ2v) is 6.75. The molecular weight excluding hydrogens is 362 g/mol. The first kappa shape index (κ1) is 20.9. The molecule has 1 aromatic carbocycles. The van der Waals surface area contributed by atoms with Crippen LogP contribution in [0.3, 0.4) is 0 Å². The summed E-state index contributed by atoms with van der Waals surface area (Å²) < 4.78 is 15.7. The summed E-state index contributed by atoms with van der Waals surface area (Å²) in [6, 6.07) is 10.3. The average Bonchev–Trinajstić information content (AvgIpc) is 2.59. The Labute approximate surface area is 156 Å². The molecule has 0 N–H and O–H groups in total. The molecule has 134 valence electrons. The first-order valence-corrected chi connectivity index (χ1v) is 8.87. The minimum absolute atomic E-state index is 0.0360. The van der Waals surface area contributed by atoms with E-state index in [-0.39, 0.29) is 22.7 Å². The molecule has 0 aromatic heterocycles. The molecule has 0 aliphatic carbocycles. The molecule has 0 saturated heterocycles. The SMILES string of the molecule is CCOC(=S)SC(COC(C)=O)CC(C#N)OC(=O)c1ccccc1. The summed E-state index contributed by atoms with van der Waals surface area (Å²) in [6.07, 6.45) is -0.842. The van der Waals surface area contributed by atoms with Crippen LogP contribution >= 0.6 is 24.0 Å². The summed E-state index contributed by atoms with van der Waals surface area (Å²) >= 11 is 6.24. The summed E-state index contributed by atoms with van der Waals surface area (Å²) in [5, 5.41) is 8.91. The van der Waals surface area contributed by atoms with Crippen LogP contribution in [0.1, 0.15) is 30.6 Å². The van der Waals surface area contributed by atoms with Gasteiger partial charge in [-0.15, -0.1) is 0 Å². The lowest BCUT2D eigenvalue weighted by atomic mass is 10.2. The number of thioether (sulfide) groups is 1. The zero-order valence-electron chi connectivity index (χ0n) is 14.0. The molecule has 2 atom stereocenters. The lowest BCUT2D eigenvalue weighted by Crippen LogP contribution is -2.26. The van der Waals surface area contributed by atoms with Crippen molar-refractivity contribution in [3.05, 3.63) is 35.9 Å². The molecule has 25 heavy (non-hydrogen) atoms. The molecule has 0 fully saturated rings. The van der Waals surface area contributed by atoms with E-state index in [0.717, 1.165) is 0 Å². The van der Waals surface area contributed by atoms with Gasteiger partial charge in [0, 0.05) is 13.3 Å². The van der Waals surface area contributed by atoms with E-state index < -0.39 is 18.0 Å². The van der Waals surface area contributed by atoms with E-state index in [0.29, 0.717) is 12.2 Å². The highest BCUT2D eigenvalue weighted by atomic mass is 32.2. The Bertz CT molecular complexity index is 630. The van der Waals surface area contributed by atoms with Gasteiger partial charge in [0.25, 0.3) is 0 Å². The topological polar surface area (TPSA) is 85.6 Å². The number of nitrogens with zero attached hydrogens (tertiary/aromatic N) is 1. The molecule has 2 unspecified atom stereocenters. The first-order chi connectivity index (χ1) is 12.0. The maximum atomic E-state index is 12.1. The highest BCUT2D eigenvalue weighted by molar-refractivity contribution is 8.23. The van der Waals surface area contributed by atoms with E-state index in [2.05, 4.69) is 0 Å². The second-order valence-electron chi connectivity index (χ2n) is 4.85. The van der Waals surface area contributed by atoms with Crippen molar-refractivity contribution in [3.8, 4) is 6.07 Å². The number of carbonyl (C=O) groups excluding carboxylic acids is 2. The van der Waals surface area contributed by atoms with E-state index >= 15 is 0 Å². The molecule has 0 bridgehead atoms. The van der Waals surface area contributed by atoms with Gasteiger partial charge in [0.1, 0.15) is 12.7 Å².